The van der Waals surface area contributed by atoms with Crippen LogP contribution in [0.15, 0.2) is 0 Å². The minimum absolute atomic E-state index is 0.316. The molecule has 0 aromatic carbocycles. The fourth-order valence-corrected chi connectivity index (χ4v) is 0.0945. The number of rotatable bonds is 2. The molecule has 0 unspecified atom stereocenters. The summed E-state index contributed by atoms with van der Waals surface area (Å²) < 4.78 is 11.0. The van der Waals surface area contributed by atoms with Gasteiger partial charge in [-0.25, -0.2) is 4.39 Å². The number of hydrogen-bond donors (Lipinski definition) is 0. The number of halogens is 1. The molecule has 0 aliphatic rings. The fourth-order valence-electron chi connectivity index (χ4n) is 0.0945. The lowest BCUT2D eigenvalue weighted by Gasteiger charge is -1.78. The smallest absolute Gasteiger partial charge is 0.163 e. The molecule has 0 saturated heterocycles. The van der Waals surface area contributed by atoms with Crippen LogP contribution in [0.2, 0.25) is 0 Å². The van der Waals surface area contributed by atoms with Crippen LogP contribution in [0.1, 0.15) is 13.3 Å². The predicted octanol–water partition coefficient (Wildman–Crippen LogP) is 0.935. The Balaban J connectivity index is 2.99. The van der Waals surface area contributed by atoms with Crippen molar-refractivity contribution in [3.8, 4) is 0 Å². The van der Waals surface area contributed by atoms with Crippen LogP contribution in [0.25, 0.3) is 0 Å². The first kappa shape index (κ1) is 5.60. The van der Waals surface area contributed by atoms with E-state index in [1.807, 2.05) is 0 Å². The molecular weight excluding hydrogens is 83.0 g/mol. The van der Waals surface area contributed by atoms with Gasteiger partial charge in [0.05, 0.1) is 0 Å². The summed E-state index contributed by atoms with van der Waals surface area (Å²) >= 11 is 0. The van der Waals surface area contributed by atoms with Crippen molar-refractivity contribution in [2.75, 3.05) is 6.67 Å². The Labute approximate surface area is 36.2 Å². The molecule has 0 aromatic rings. The van der Waals surface area contributed by atoms with Gasteiger partial charge in [0.25, 0.3) is 0 Å². The lowest BCUT2D eigenvalue weighted by Crippen LogP contribution is -1.94. The topological polar surface area (TPSA) is 17.1 Å². The van der Waals surface area contributed by atoms with Crippen molar-refractivity contribution in [2.24, 2.45) is 0 Å². The summed E-state index contributed by atoms with van der Waals surface area (Å²) in [6.45, 7) is 0.832. The molecule has 36 valence electrons. The highest BCUT2D eigenvalue weighted by Gasteiger charge is 1.90. The Kier molecular flexibility index (Phi) is 2.63. The van der Waals surface area contributed by atoms with Crippen molar-refractivity contribution < 1.29 is 9.18 Å². The van der Waals surface area contributed by atoms with Crippen LogP contribution < -0.4 is 0 Å². The van der Waals surface area contributed by atoms with Gasteiger partial charge in [-0.2, -0.15) is 0 Å². The highest BCUT2D eigenvalue weighted by Crippen LogP contribution is 1.78. The van der Waals surface area contributed by atoms with Crippen LogP contribution in [0.5, 0.6) is 0 Å². The normalized spacial score (nSPS) is 8.33. The van der Waals surface area contributed by atoms with Gasteiger partial charge >= 0.3 is 0 Å². The van der Waals surface area contributed by atoms with Crippen LogP contribution in [0.4, 0.5) is 4.39 Å². The summed E-state index contributed by atoms with van der Waals surface area (Å²) in [6.07, 6.45) is 0.316. The third-order valence-corrected chi connectivity index (χ3v) is 0.543. The van der Waals surface area contributed by atoms with E-state index in [1.54, 1.807) is 6.92 Å². The molecule has 0 aliphatic heterocycles. The molecular formula is C4H7FO. The maximum Gasteiger partial charge on any atom is 0.163 e. The SMILES string of the molecule is CCC(=O)CF. The first-order valence-electron chi connectivity index (χ1n) is 1.89. The fraction of sp³-hybridized carbons (Fsp3) is 0.750. The first-order chi connectivity index (χ1) is 2.81. The van der Waals surface area contributed by atoms with Crippen molar-refractivity contribution in [2.45, 2.75) is 13.3 Å². The van der Waals surface area contributed by atoms with Gasteiger partial charge in [-0.15, -0.1) is 0 Å². The van der Waals surface area contributed by atoms with E-state index in [2.05, 4.69) is 0 Å². The van der Waals surface area contributed by atoms with Gasteiger partial charge in [0.2, 0.25) is 0 Å². The highest BCUT2D eigenvalue weighted by molar-refractivity contribution is 5.79. The predicted molar refractivity (Wildman–Crippen MR) is 21.3 cm³/mol. The van der Waals surface area contributed by atoms with E-state index in [9.17, 15) is 9.18 Å². The van der Waals surface area contributed by atoms with Gasteiger partial charge in [0, 0.05) is 6.42 Å². The second kappa shape index (κ2) is 2.82. The van der Waals surface area contributed by atoms with Crippen molar-refractivity contribution in [3.05, 3.63) is 0 Å². The average Bonchev–Trinajstić information content (AvgIpc) is 1.65. The second-order valence-corrected chi connectivity index (χ2v) is 1.03. The Bertz CT molecular complexity index is 45.5. The third kappa shape index (κ3) is 1.88. The van der Waals surface area contributed by atoms with E-state index < -0.39 is 6.67 Å². The number of alkyl halides is 1. The minimum Gasteiger partial charge on any atom is -0.297 e. The molecule has 0 N–H and O–H groups in total. The third-order valence-electron chi connectivity index (χ3n) is 0.543. The molecule has 6 heavy (non-hydrogen) atoms. The summed E-state index contributed by atoms with van der Waals surface area (Å²) in [7, 11) is 0. The molecule has 0 fully saturated rings. The zero-order valence-electron chi connectivity index (χ0n) is 3.70. The monoisotopic (exact) mass is 90.0 g/mol. The number of carbonyl (C=O) groups excluding carboxylic acids is 1. The molecule has 2 heteroatoms. The molecule has 0 aliphatic carbocycles. The summed E-state index contributed by atoms with van der Waals surface area (Å²) in [6, 6.07) is 0. The van der Waals surface area contributed by atoms with Gasteiger partial charge in [-0.3, -0.25) is 4.79 Å². The zero-order valence-corrected chi connectivity index (χ0v) is 3.70. The number of carbonyl (C=O) groups is 1. The van der Waals surface area contributed by atoms with Crippen LogP contribution in [-0.2, 0) is 4.79 Å². The van der Waals surface area contributed by atoms with E-state index in [1.165, 1.54) is 0 Å². The maximum atomic E-state index is 11.0. The van der Waals surface area contributed by atoms with Crippen molar-refractivity contribution in [1.29, 1.82) is 0 Å². The van der Waals surface area contributed by atoms with Gasteiger partial charge in [-0.1, -0.05) is 6.92 Å². The van der Waals surface area contributed by atoms with Crippen molar-refractivity contribution in [1.82, 2.24) is 0 Å². The van der Waals surface area contributed by atoms with Crippen molar-refractivity contribution >= 4 is 5.78 Å². The van der Waals surface area contributed by atoms with E-state index in [0.717, 1.165) is 0 Å². The first-order valence-corrected chi connectivity index (χ1v) is 1.89. The van der Waals surface area contributed by atoms with Crippen LogP contribution >= 0.6 is 0 Å². The molecule has 0 spiro atoms. The van der Waals surface area contributed by atoms with Gasteiger partial charge < -0.3 is 0 Å². The van der Waals surface area contributed by atoms with Crippen LogP contribution in [0.3, 0.4) is 0 Å². The summed E-state index contributed by atoms with van der Waals surface area (Å²) in [5.41, 5.74) is 0. The number of hydrogen-bond acceptors (Lipinski definition) is 1. The van der Waals surface area contributed by atoms with E-state index in [-0.39, 0.29) is 5.78 Å². The number of Topliss-reactive ketones (excluding diaryl/α,β-unsaturated/α-hetero) is 1. The van der Waals surface area contributed by atoms with Crippen LogP contribution in [-0.4, -0.2) is 12.5 Å². The lowest BCUT2D eigenvalue weighted by atomic mass is 10.3. The van der Waals surface area contributed by atoms with Crippen LogP contribution in [0, 0.1) is 0 Å². The Hall–Kier alpha value is -0.400. The standard InChI is InChI=1S/C4H7FO/c1-2-4(6)3-5/h2-3H2,1H3. The highest BCUT2D eigenvalue weighted by atomic mass is 19.1. The summed E-state index contributed by atoms with van der Waals surface area (Å²) in [5, 5.41) is 0. The van der Waals surface area contributed by atoms with E-state index in [0.29, 0.717) is 6.42 Å². The zero-order chi connectivity index (χ0) is 4.99. The molecule has 0 aromatic heterocycles. The molecule has 0 heterocycles. The number of ketones is 1. The molecule has 0 bridgehead atoms. The Morgan fingerprint density at radius 2 is 2.33 bits per heavy atom. The maximum absolute atomic E-state index is 11.0. The summed E-state index contributed by atoms with van der Waals surface area (Å²) in [5.74, 6) is -0.324. The molecule has 0 amide bonds. The van der Waals surface area contributed by atoms with Gasteiger partial charge in [0.1, 0.15) is 6.67 Å². The van der Waals surface area contributed by atoms with Gasteiger partial charge in [-0.05, 0) is 0 Å². The Morgan fingerprint density at radius 1 is 1.83 bits per heavy atom. The quantitative estimate of drug-likeness (QED) is 0.493. The van der Waals surface area contributed by atoms with E-state index >= 15 is 0 Å². The van der Waals surface area contributed by atoms with E-state index in [4.69, 9.17) is 0 Å². The summed E-state index contributed by atoms with van der Waals surface area (Å²) in [4.78, 5) is 9.81. The lowest BCUT2D eigenvalue weighted by molar-refractivity contribution is -0.119. The Morgan fingerprint density at radius 3 is 2.33 bits per heavy atom. The largest absolute Gasteiger partial charge is 0.297 e. The minimum atomic E-state index is -0.809. The molecule has 0 rings (SSSR count). The molecule has 0 radical (unpaired) electrons. The molecule has 1 nitrogen and oxygen atoms in total. The van der Waals surface area contributed by atoms with Crippen molar-refractivity contribution in [3.63, 3.8) is 0 Å². The second-order valence-electron chi connectivity index (χ2n) is 1.03. The van der Waals surface area contributed by atoms with Gasteiger partial charge in [0.15, 0.2) is 5.78 Å². The average molecular weight is 90.1 g/mol. The molecule has 0 saturated carbocycles. The molecule has 0 atom stereocenters.